The van der Waals surface area contributed by atoms with Gasteiger partial charge in [-0.2, -0.15) is 0 Å². The Kier molecular flexibility index (Phi) is 3.84. The zero-order chi connectivity index (χ0) is 12.5. The molecule has 0 spiro atoms. The van der Waals surface area contributed by atoms with Crippen LogP contribution >= 0.6 is 0 Å². The van der Waals surface area contributed by atoms with Gasteiger partial charge in [-0.05, 0) is 50.1 Å². The Bertz CT molecular complexity index is 248. The van der Waals surface area contributed by atoms with Crippen LogP contribution in [0.25, 0.3) is 0 Å². The van der Waals surface area contributed by atoms with Gasteiger partial charge in [-0.1, -0.05) is 27.7 Å². The number of nitrogens with zero attached hydrogens (tertiary/aromatic N) is 1. The Balaban J connectivity index is 1.89. The average Bonchev–Trinajstić information content (AvgIpc) is 2.87. The first-order valence-electron chi connectivity index (χ1n) is 7.43. The summed E-state index contributed by atoms with van der Waals surface area (Å²) in [6.45, 7) is 14.6. The molecule has 0 aromatic heterocycles. The highest BCUT2D eigenvalue weighted by Crippen LogP contribution is 2.35. The van der Waals surface area contributed by atoms with Gasteiger partial charge in [0.1, 0.15) is 0 Å². The third-order valence-corrected chi connectivity index (χ3v) is 5.03. The summed E-state index contributed by atoms with van der Waals surface area (Å²) in [6, 6.07) is 0. The first kappa shape index (κ1) is 13.4. The maximum atomic E-state index is 3.76. The van der Waals surface area contributed by atoms with Gasteiger partial charge in [0, 0.05) is 18.6 Å². The number of nitrogens with one attached hydrogen (secondary N) is 1. The Morgan fingerprint density at radius 3 is 2.59 bits per heavy atom. The van der Waals surface area contributed by atoms with Gasteiger partial charge in [-0.15, -0.1) is 0 Å². The molecular formula is C15H30N2. The van der Waals surface area contributed by atoms with E-state index in [4.69, 9.17) is 0 Å². The van der Waals surface area contributed by atoms with E-state index >= 15 is 0 Å². The second kappa shape index (κ2) is 4.89. The van der Waals surface area contributed by atoms with Crippen molar-refractivity contribution < 1.29 is 0 Å². The molecule has 0 amide bonds. The van der Waals surface area contributed by atoms with E-state index in [0.29, 0.717) is 11.0 Å². The minimum absolute atomic E-state index is 0.437. The Labute approximate surface area is 107 Å². The predicted octanol–water partition coefficient (Wildman–Crippen LogP) is 2.89. The van der Waals surface area contributed by atoms with E-state index in [1.54, 1.807) is 0 Å². The van der Waals surface area contributed by atoms with Crippen molar-refractivity contribution in [3.8, 4) is 0 Å². The van der Waals surface area contributed by atoms with Crippen LogP contribution in [0, 0.1) is 11.3 Å². The first-order valence-corrected chi connectivity index (χ1v) is 7.43. The summed E-state index contributed by atoms with van der Waals surface area (Å²) in [6.07, 6.45) is 5.41. The molecule has 1 N–H and O–H groups in total. The highest BCUT2D eigenvalue weighted by Gasteiger charge is 2.37. The minimum atomic E-state index is 0.437. The molecule has 2 rings (SSSR count). The summed E-state index contributed by atoms with van der Waals surface area (Å²) >= 11 is 0. The van der Waals surface area contributed by atoms with E-state index in [-0.39, 0.29) is 0 Å². The van der Waals surface area contributed by atoms with E-state index in [0.717, 1.165) is 5.92 Å². The third-order valence-electron chi connectivity index (χ3n) is 5.03. The Morgan fingerprint density at radius 1 is 1.35 bits per heavy atom. The summed E-state index contributed by atoms with van der Waals surface area (Å²) in [5.41, 5.74) is 0.921. The number of likely N-dealkylation sites (tertiary alicyclic amines) is 1. The van der Waals surface area contributed by atoms with Crippen molar-refractivity contribution in [3.63, 3.8) is 0 Å². The van der Waals surface area contributed by atoms with Crippen LogP contribution in [0.5, 0.6) is 0 Å². The van der Waals surface area contributed by atoms with Crippen molar-refractivity contribution in [3.05, 3.63) is 0 Å². The van der Waals surface area contributed by atoms with Crippen LogP contribution in [-0.4, -0.2) is 36.6 Å². The molecule has 2 aliphatic heterocycles. The summed E-state index contributed by atoms with van der Waals surface area (Å²) in [5, 5.41) is 3.76. The summed E-state index contributed by atoms with van der Waals surface area (Å²) < 4.78 is 0. The SMILES string of the molecule is CCC1(CN2CCC(C(C)(C)C)C2)CCCN1. The molecule has 0 aromatic rings. The molecule has 17 heavy (non-hydrogen) atoms. The van der Waals surface area contributed by atoms with Gasteiger partial charge in [0.05, 0.1) is 0 Å². The third kappa shape index (κ3) is 3.03. The van der Waals surface area contributed by atoms with E-state index in [9.17, 15) is 0 Å². The fourth-order valence-electron chi connectivity index (χ4n) is 3.53. The number of hydrogen-bond acceptors (Lipinski definition) is 2. The first-order chi connectivity index (χ1) is 7.95. The van der Waals surface area contributed by atoms with Crippen molar-refractivity contribution in [2.75, 3.05) is 26.2 Å². The molecule has 2 unspecified atom stereocenters. The van der Waals surface area contributed by atoms with Gasteiger partial charge in [0.15, 0.2) is 0 Å². The lowest BCUT2D eigenvalue weighted by Gasteiger charge is -2.34. The topological polar surface area (TPSA) is 15.3 Å². The molecule has 0 aliphatic carbocycles. The van der Waals surface area contributed by atoms with Crippen LogP contribution in [0.2, 0.25) is 0 Å². The van der Waals surface area contributed by atoms with Gasteiger partial charge in [-0.25, -0.2) is 0 Å². The van der Waals surface area contributed by atoms with Gasteiger partial charge >= 0.3 is 0 Å². The standard InChI is InChI=1S/C15H30N2/c1-5-15(8-6-9-16-15)12-17-10-7-13(11-17)14(2,3)4/h13,16H,5-12H2,1-4H3. The van der Waals surface area contributed by atoms with Crippen molar-refractivity contribution in [2.45, 2.75) is 58.9 Å². The Morgan fingerprint density at radius 2 is 2.12 bits per heavy atom. The lowest BCUT2D eigenvalue weighted by atomic mass is 9.80. The van der Waals surface area contributed by atoms with Crippen LogP contribution in [0.15, 0.2) is 0 Å². The fourth-order valence-corrected chi connectivity index (χ4v) is 3.53. The lowest BCUT2D eigenvalue weighted by Crippen LogP contribution is -2.49. The minimum Gasteiger partial charge on any atom is -0.310 e. The summed E-state index contributed by atoms with van der Waals surface area (Å²) in [4.78, 5) is 2.71. The molecule has 0 aromatic carbocycles. The summed E-state index contributed by atoms with van der Waals surface area (Å²) in [7, 11) is 0. The molecule has 2 heteroatoms. The van der Waals surface area contributed by atoms with Crippen molar-refractivity contribution >= 4 is 0 Å². The molecule has 100 valence electrons. The highest BCUT2D eigenvalue weighted by atomic mass is 15.2. The molecule has 2 nitrogen and oxygen atoms in total. The average molecular weight is 238 g/mol. The molecule has 2 aliphatic rings. The van der Waals surface area contributed by atoms with E-state index in [1.165, 1.54) is 51.9 Å². The second-order valence-electron chi connectivity index (χ2n) is 7.25. The van der Waals surface area contributed by atoms with Crippen molar-refractivity contribution in [1.82, 2.24) is 10.2 Å². The largest absolute Gasteiger partial charge is 0.310 e. The molecule has 0 radical (unpaired) electrons. The smallest absolute Gasteiger partial charge is 0.0306 e. The van der Waals surface area contributed by atoms with Gasteiger partial charge in [0.25, 0.3) is 0 Å². The van der Waals surface area contributed by atoms with Crippen LogP contribution in [0.4, 0.5) is 0 Å². The molecule has 2 saturated heterocycles. The Hall–Kier alpha value is -0.0800. The fraction of sp³-hybridized carbons (Fsp3) is 1.00. The number of hydrogen-bond donors (Lipinski definition) is 1. The highest BCUT2D eigenvalue weighted by molar-refractivity contribution is 4.96. The molecule has 0 bridgehead atoms. The quantitative estimate of drug-likeness (QED) is 0.813. The van der Waals surface area contributed by atoms with E-state index in [1.807, 2.05) is 0 Å². The maximum absolute atomic E-state index is 3.76. The maximum Gasteiger partial charge on any atom is 0.0306 e. The van der Waals surface area contributed by atoms with Crippen LogP contribution in [-0.2, 0) is 0 Å². The van der Waals surface area contributed by atoms with Crippen molar-refractivity contribution in [2.24, 2.45) is 11.3 Å². The monoisotopic (exact) mass is 238 g/mol. The number of rotatable bonds is 3. The zero-order valence-electron chi connectivity index (χ0n) is 12.2. The second-order valence-corrected chi connectivity index (χ2v) is 7.25. The van der Waals surface area contributed by atoms with Gasteiger partial charge in [0.2, 0.25) is 0 Å². The molecule has 2 atom stereocenters. The van der Waals surface area contributed by atoms with Crippen molar-refractivity contribution in [1.29, 1.82) is 0 Å². The van der Waals surface area contributed by atoms with E-state index in [2.05, 4.69) is 37.9 Å². The zero-order valence-corrected chi connectivity index (χ0v) is 12.2. The predicted molar refractivity (Wildman–Crippen MR) is 74.3 cm³/mol. The normalized spacial score (nSPS) is 35.6. The van der Waals surface area contributed by atoms with Gasteiger partial charge < -0.3 is 10.2 Å². The lowest BCUT2D eigenvalue weighted by molar-refractivity contribution is 0.188. The van der Waals surface area contributed by atoms with Crippen LogP contribution in [0.1, 0.15) is 53.4 Å². The van der Waals surface area contributed by atoms with Crippen LogP contribution in [0.3, 0.4) is 0 Å². The van der Waals surface area contributed by atoms with Crippen LogP contribution < -0.4 is 5.32 Å². The molecule has 2 fully saturated rings. The molecule has 2 heterocycles. The van der Waals surface area contributed by atoms with Gasteiger partial charge in [-0.3, -0.25) is 0 Å². The van der Waals surface area contributed by atoms with E-state index < -0.39 is 0 Å². The summed E-state index contributed by atoms with van der Waals surface area (Å²) in [5.74, 6) is 0.887. The molecule has 0 saturated carbocycles. The molecular weight excluding hydrogens is 208 g/mol.